The predicted molar refractivity (Wildman–Crippen MR) is 56.5 cm³/mol. The van der Waals surface area contributed by atoms with E-state index in [1.165, 1.54) is 5.56 Å². The maximum absolute atomic E-state index is 4.24. The van der Waals surface area contributed by atoms with Gasteiger partial charge in [-0.3, -0.25) is 0 Å². The highest BCUT2D eigenvalue weighted by molar-refractivity contribution is 9.10. The highest BCUT2D eigenvalue weighted by Crippen LogP contribution is 2.26. The summed E-state index contributed by atoms with van der Waals surface area (Å²) in [6, 6.07) is 8.19. The van der Waals surface area contributed by atoms with Crippen LogP contribution in [0.4, 0.5) is 0 Å². The van der Waals surface area contributed by atoms with Crippen LogP contribution in [0, 0.1) is 6.92 Å². The van der Waals surface area contributed by atoms with Crippen LogP contribution in [-0.2, 0) is 0 Å². The number of aryl methyl sites for hydroxylation is 1. The molecule has 0 bridgehead atoms. The quantitative estimate of drug-likeness (QED) is 0.810. The summed E-state index contributed by atoms with van der Waals surface area (Å²) in [5, 5.41) is 0. The number of nitrogens with one attached hydrogen (secondary N) is 1. The van der Waals surface area contributed by atoms with Crippen molar-refractivity contribution in [2.75, 3.05) is 0 Å². The number of halogens is 1. The lowest BCUT2D eigenvalue weighted by Crippen LogP contribution is -1.82. The Morgan fingerprint density at radius 1 is 1.31 bits per heavy atom. The molecule has 66 valence electrons. The molecule has 2 rings (SSSR count). The highest BCUT2D eigenvalue weighted by Gasteiger charge is 2.06. The van der Waals surface area contributed by atoms with Crippen molar-refractivity contribution in [3.05, 3.63) is 40.8 Å². The third kappa shape index (κ3) is 1.52. The van der Waals surface area contributed by atoms with Crippen LogP contribution in [0.1, 0.15) is 5.56 Å². The van der Waals surface area contributed by atoms with Gasteiger partial charge in [0.25, 0.3) is 0 Å². The first-order valence-corrected chi connectivity index (χ1v) is 4.83. The predicted octanol–water partition coefficient (Wildman–Crippen LogP) is 3.15. The zero-order valence-corrected chi connectivity index (χ0v) is 8.80. The number of benzene rings is 1. The molecule has 2 aromatic rings. The fourth-order valence-electron chi connectivity index (χ4n) is 1.30. The average molecular weight is 237 g/mol. The fourth-order valence-corrected chi connectivity index (χ4v) is 1.72. The van der Waals surface area contributed by atoms with Gasteiger partial charge >= 0.3 is 0 Å². The second-order valence-electron chi connectivity index (χ2n) is 2.88. The molecular formula is C10H9BrN2. The number of rotatable bonds is 1. The van der Waals surface area contributed by atoms with E-state index in [9.17, 15) is 0 Å². The molecule has 1 aromatic carbocycles. The lowest BCUT2D eigenvalue weighted by atomic mass is 10.1. The molecule has 2 nitrogen and oxygen atoms in total. The summed E-state index contributed by atoms with van der Waals surface area (Å²) in [6.45, 7) is 2.08. The van der Waals surface area contributed by atoms with Crippen molar-refractivity contribution in [2.45, 2.75) is 6.92 Å². The van der Waals surface area contributed by atoms with Gasteiger partial charge in [-0.1, -0.05) is 24.3 Å². The second kappa shape index (κ2) is 3.34. The Morgan fingerprint density at radius 3 is 2.69 bits per heavy atom. The summed E-state index contributed by atoms with van der Waals surface area (Å²) < 4.78 is 0.932. The van der Waals surface area contributed by atoms with E-state index in [0.29, 0.717) is 0 Å². The minimum Gasteiger partial charge on any atom is -0.339 e. The van der Waals surface area contributed by atoms with Crippen molar-refractivity contribution in [1.82, 2.24) is 9.97 Å². The van der Waals surface area contributed by atoms with E-state index in [2.05, 4.69) is 45.0 Å². The summed E-state index contributed by atoms with van der Waals surface area (Å²) in [4.78, 5) is 7.24. The maximum atomic E-state index is 4.24. The third-order valence-corrected chi connectivity index (χ3v) is 2.60. The van der Waals surface area contributed by atoms with Crippen LogP contribution in [0.5, 0.6) is 0 Å². The van der Waals surface area contributed by atoms with Gasteiger partial charge in [0.15, 0.2) is 0 Å². The van der Waals surface area contributed by atoms with Gasteiger partial charge in [-0.15, -0.1) is 0 Å². The number of imidazole rings is 1. The molecule has 1 aromatic heterocycles. The Morgan fingerprint density at radius 2 is 2.08 bits per heavy atom. The Hall–Kier alpha value is -1.09. The Balaban J connectivity index is 2.59. The molecule has 0 amide bonds. The zero-order chi connectivity index (χ0) is 9.26. The first kappa shape index (κ1) is 8.51. The molecular weight excluding hydrogens is 228 g/mol. The molecule has 1 heterocycles. The molecule has 1 N–H and O–H groups in total. The largest absolute Gasteiger partial charge is 0.339 e. The van der Waals surface area contributed by atoms with Crippen molar-refractivity contribution in [3.8, 4) is 11.3 Å². The Kier molecular flexibility index (Phi) is 2.19. The van der Waals surface area contributed by atoms with Crippen molar-refractivity contribution in [3.63, 3.8) is 0 Å². The van der Waals surface area contributed by atoms with E-state index in [1.54, 1.807) is 6.33 Å². The van der Waals surface area contributed by atoms with Crippen molar-refractivity contribution < 1.29 is 0 Å². The minimum absolute atomic E-state index is 0.932. The van der Waals surface area contributed by atoms with Crippen LogP contribution < -0.4 is 0 Å². The van der Waals surface area contributed by atoms with Crippen LogP contribution in [-0.4, -0.2) is 9.97 Å². The summed E-state index contributed by atoms with van der Waals surface area (Å²) >= 11 is 3.42. The van der Waals surface area contributed by atoms with E-state index < -0.39 is 0 Å². The monoisotopic (exact) mass is 236 g/mol. The first-order chi connectivity index (χ1) is 6.29. The number of nitrogens with zero attached hydrogens (tertiary/aromatic N) is 1. The SMILES string of the molecule is Cc1ccccc1-c1nc[nH]c1Br. The van der Waals surface area contributed by atoms with Crippen LogP contribution >= 0.6 is 15.9 Å². The summed E-state index contributed by atoms with van der Waals surface area (Å²) in [7, 11) is 0. The van der Waals surface area contributed by atoms with Crippen LogP contribution in [0.3, 0.4) is 0 Å². The molecule has 0 spiro atoms. The third-order valence-electron chi connectivity index (χ3n) is 1.99. The van der Waals surface area contributed by atoms with Crippen molar-refractivity contribution in [1.29, 1.82) is 0 Å². The van der Waals surface area contributed by atoms with Gasteiger partial charge in [-0.05, 0) is 28.4 Å². The highest BCUT2D eigenvalue weighted by atomic mass is 79.9. The number of aromatic amines is 1. The van der Waals surface area contributed by atoms with E-state index in [4.69, 9.17) is 0 Å². The Bertz CT molecular complexity index is 420. The lowest BCUT2D eigenvalue weighted by Gasteiger charge is -2.01. The van der Waals surface area contributed by atoms with Crippen LogP contribution in [0.2, 0.25) is 0 Å². The lowest BCUT2D eigenvalue weighted by molar-refractivity contribution is 1.30. The summed E-state index contributed by atoms with van der Waals surface area (Å²) in [5.74, 6) is 0. The number of aromatic nitrogens is 2. The molecule has 0 saturated heterocycles. The molecule has 0 unspecified atom stereocenters. The topological polar surface area (TPSA) is 28.7 Å². The molecule has 0 aliphatic heterocycles. The fraction of sp³-hybridized carbons (Fsp3) is 0.100. The smallest absolute Gasteiger partial charge is 0.110 e. The summed E-state index contributed by atoms with van der Waals surface area (Å²) in [5.41, 5.74) is 3.36. The summed E-state index contributed by atoms with van der Waals surface area (Å²) in [6.07, 6.45) is 1.69. The van der Waals surface area contributed by atoms with Gasteiger partial charge in [0, 0.05) is 5.56 Å². The molecule has 0 fully saturated rings. The van der Waals surface area contributed by atoms with Crippen molar-refractivity contribution >= 4 is 15.9 Å². The minimum atomic E-state index is 0.932. The molecule has 13 heavy (non-hydrogen) atoms. The van der Waals surface area contributed by atoms with E-state index >= 15 is 0 Å². The van der Waals surface area contributed by atoms with Gasteiger partial charge in [0.05, 0.1) is 6.33 Å². The van der Waals surface area contributed by atoms with Crippen LogP contribution in [0.15, 0.2) is 35.2 Å². The molecule has 0 radical (unpaired) electrons. The molecule has 0 aliphatic rings. The standard InChI is InChI=1S/C10H9BrN2/c1-7-4-2-3-5-8(7)9-10(11)13-6-12-9/h2-6H,1H3,(H,12,13). The molecule has 0 aliphatic carbocycles. The van der Waals surface area contributed by atoms with E-state index in [0.717, 1.165) is 15.9 Å². The first-order valence-electron chi connectivity index (χ1n) is 4.04. The normalized spacial score (nSPS) is 10.3. The van der Waals surface area contributed by atoms with Gasteiger partial charge in [-0.2, -0.15) is 0 Å². The average Bonchev–Trinajstić information content (AvgIpc) is 2.52. The van der Waals surface area contributed by atoms with E-state index in [1.807, 2.05) is 12.1 Å². The number of hydrogen-bond acceptors (Lipinski definition) is 1. The van der Waals surface area contributed by atoms with Crippen LogP contribution in [0.25, 0.3) is 11.3 Å². The van der Waals surface area contributed by atoms with E-state index in [-0.39, 0.29) is 0 Å². The Labute approximate surface area is 85.1 Å². The number of hydrogen-bond donors (Lipinski definition) is 1. The zero-order valence-electron chi connectivity index (χ0n) is 7.21. The van der Waals surface area contributed by atoms with Crippen molar-refractivity contribution in [2.24, 2.45) is 0 Å². The van der Waals surface area contributed by atoms with Gasteiger partial charge in [0.2, 0.25) is 0 Å². The molecule has 3 heteroatoms. The van der Waals surface area contributed by atoms with Gasteiger partial charge in [-0.25, -0.2) is 4.98 Å². The molecule has 0 atom stereocenters. The molecule has 0 saturated carbocycles. The van der Waals surface area contributed by atoms with Gasteiger partial charge in [0.1, 0.15) is 10.3 Å². The number of H-pyrrole nitrogens is 1. The van der Waals surface area contributed by atoms with Gasteiger partial charge < -0.3 is 4.98 Å². The maximum Gasteiger partial charge on any atom is 0.110 e. The second-order valence-corrected chi connectivity index (χ2v) is 3.67.